The van der Waals surface area contributed by atoms with Crippen molar-refractivity contribution in [3.05, 3.63) is 0 Å². The van der Waals surface area contributed by atoms with Gasteiger partial charge in [-0.15, -0.1) is 0 Å². The summed E-state index contributed by atoms with van der Waals surface area (Å²) in [4.78, 5) is 0. The highest BCUT2D eigenvalue weighted by molar-refractivity contribution is 4.84. The molecular formula is C12H25NO2. The van der Waals surface area contributed by atoms with Crippen LogP contribution in [0.2, 0.25) is 0 Å². The van der Waals surface area contributed by atoms with E-state index in [1.165, 1.54) is 6.42 Å². The van der Waals surface area contributed by atoms with E-state index in [0.717, 1.165) is 45.1 Å². The Bertz CT molecular complexity index is 167. The van der Waals surface area contributed by atoms with Crippen LogP contribution in [0.4, 0.5) is 0 Å². The molecule has 0 heterocycles. The van der Waals surface area contributed by atoms with Gasteiger partial charge in [0.1, 0.15) is 0 Å². The molecule has 1 rings (SSSR count). The van der Waals surface area contributed by atoms with Crippen LogP contribution in [-0.2, 0) is 0 Å². The summed E-state index contributed by atoms with van der Waals surface area (Å²) in [5.74, 6) is 0. The van der Waals surface area contributed by atoms with Gasteiger partial charge in [0, 0.05) is 6.54 Å². The minimum atomic E-state index is -0.477. The Morgan fingerprint density at radius 3 is 2.53 bits per heavy atom. The van der Waals surface area contributed by atoms with E-state index in [4.69, 9.17) is 0 Å². The lowest BCUT2D eigenvalue weighted by Gasteiger charge is -2.32. The maximum Gasteiger partial charge on any atom is 0.0771 e. The van der Waals surface area contributed by atoms with Gasteiger partial charge in [-0.25, -0.2) is 0 Å². The molecule has 3 nitrogen and oxygen atoms in total. The smallest absolute Gasteiger partial charge is 0.0771 e. The molecule has 0 amide bonds. The maximum absolute atomic E-state index is 10.2. The molecule has 15 heavy (non-hydrogen) atoms. The summed E-state index contributed by atoms with van der Waals surface area (Å²) in [5.41, 5.74) is -0.477. The monoisotopic (exact) mass is 215 g/mol. The number of rotatable bonds is 6. The predicted molar refractivity (Wildman–Crippen MR) is 61.8 cm³/mol. The lowest BCUT2D eigenvalue weighted by molar-refractivity contribution is 0.00432. The Morgan fingerprint density at radius 1 is 1.27 bits per heavy atom. The Kier molecular flexibility index (Phi) is 5.58. The van der Waals surface area contributed by atoms with E-state index in [-0.39, 0.29) is 6.10 Å². The third-order valence-electron chi connectivity index (χ3n) is 3.36. The first-order chi connectivity index (χ1) is 7.16. The first kappa shape index (κ1) is 12.9. The van der Waals surface area contributed by atoms with E-state index in [1.807, 2.05) is 6.92 Å². The van der Waals surface area contributed by atoms with Gasteiger partial charge in [0.05, 0.1) is 11.7 Å². The zero-order valence-electron chi connectivity index (χ0n) is 9.84. The second kappa shape index (κ2) is 6.46. The van der Waals surface area contributed by atoms with E-state index in [1.54, 1.807) is 0 Å². The summed E-state index contributed by atoms with van der Waals surface area (Å²) >= 11 is 0. The van der Waals surface area contributed by atoms with Gasteiger partial charge >= 0.3 is 0 Å². The van der Waals surface area contributed by atoms with E-state index in [2.05, 4.69) is 5.32 Å². The number of nitrogens with one attached hydrogen (secondary N) is 1. The Hall–Kier alpha value is -0.120. The van der Waals surface area contributed by atoms with Gasteiger partial charge < -0.3 is 15.5 Å². The fourth-order valence-electron chi connectivity index (χ4n) is 2.18. The lowest BCUT2D eigenvalue weighted by Crippen LogP contribution is -2.42. The van der Waals surface area contributed by atoms with Gasteiger partial charge in [0.15, 0.2) is 0 Å². The van der Waals surface area contributed by atoms with Crippen molar-refractivity contribution in [3.63, 3.8) is 0 Å². The molecule has 3 N–H and O–H groups in total. The van der Waals surface area contributed by atoms with Gasteiger partial charge in [0.25, 0.3) is 0 Å². The molecule has 0 aromatic heterocycles. The number of aliphatic hydroxyl groups excluding tert-OH is 1. The summed E-state index contributed by atoms with van der Waals surface area (Å²) in [5, 5.41) is 22.8. The molecule has 0 spiro atoms. The van der Waals surface area contributed by atoms with Gasteiger partial charge in [-0.1, -0.05) is 26.2 Å². The van der Waals surface area contributed by atoms with Crippen LogP contribution in [0.1, 0.15) is 51.9 Å². The van der Waals surface area contributed by atoms with E-state index in [0.29, 0.717) is 6.54 Å². The fraction of sp³-hybridized carbons (Fsp3) is 1.00. The van der Waals surface area contributed by atoms with Crippen LogP contribution in [0, 0.1) is 0 Å². The zero-order valence-corrected chi connectivity index (χ0v) is 9.84. The Labute approximate surface area is 92.9 Å². The molecule has 0 aromatic rings. The Morgan fingerprint density at radius 2 is 1.93 bits per heavy atom. The average Bonchev–Trinajstić information content (AvgIpc) is 2.25. The van der Waals surface area contributed by atoms with Crippen LogP contribution in [0.25, 0.3) is 0 Å². The maximum atomic E-state index is 10.2. The Balaban J connectivity index is 2.08. The molecule has 1 aliphatic carbocycles. The molecule has 0 aromatic carbocycles. The summed E-state index contributed by atoms with van der Waals surface area (Å²) < 4.78 is 0. The van der Waals surface area contributed by atoms with Crippen molar-refractivity contribution in [2.45, 2.75) is 63.6 Å². The second-order valence-electron chi connectivity index (χ2n) is 4.81. The van der Waals surface area contributed by atoms with Crippen molar-refractivity contribution in [1.82, 2.24) is 5.32 Å². The molecule has 1 fully saturated rings. The van der Waals surface area contributed by atoms with Crippen molar-refractivity contribution in [3.8, 4) is 0 Å². The quantitative estimate of drug-likeness (QED) is 0.588. The molecule has 3 heteroatoms. The highest BCUT2D eigenvalue weighted by Crippen LogP contribution is 2.27. The first-order valence-electron chi connectivity index (χ1n) is 6.27. The van der Waals surface area contributed by atoms with Crippen molar-refractivity contribution < 1.29 is 10.2 Å². The molecular weight excluding hydrogens is 190 g/mol. The van der Waals surface area contributed by atoms with Crippen molar-refractivity contribution in [2.24, 2.45) is 0 Å². The van der Waals surface area contributed by atoms with Gasteiger partial charge in [-0.05, 0) is 32.2 Å². The highest BCUT2D eigenvalue weighted by atomic mass is 16.3. The molecule has 1 aliphatic rings. The van der Waals surface area contributed by atoms with Crippen molar-refractivity contribution >= 4 is 0 Å². The number of aliphatic hydroxyl groups is 2. The van der Waals surface area contributed by atoms with Crippen LogP contribution < -0.4 is 5.32 Å². The molecule has 0 bridgehead atoms. The third-order valence-corrected chi connectivity index (χ3v) is 3.36. The topological polar surface area (TPSA) is 52.5 Å². The molecule has 0 saturated heterocycles. The summed E-state index contributed by atoms with van der Waals surface area (Å²) in [6.07, 6.45) is 6.81. The predicted octanol–water partition coefficient (Wildman–Crippen LogP) is 1.43. The van der Waals surface area contributed by atoms with Crippen LogP contribution in [0.3, 0.4) is 0 Å². The SMILES string of the molecule is CCC(O)CCNCC1(O)CCCCC1. The zero-order chi connectivity index (χ0) is 11.1. The second-order valence-corrected chi connectivity index (χ2v) is 4.81. The summed E-state index contributed by atoms with van der Waals surface area (Å²) in [6, 6.07) is 0. The van der Waals surface area contributed by atoms with Crippen LogP contribution in [-0.4, -0.2) is 35.0 Å². The van der Waals surface area contributed by atoms with Crippen LogP contribution in [0.15, 0.2) is 0 Å². The van der Waals surface area contributed by atoms with Crippen LogP contribution >= 0.6 is 0 Å². The summed E-state index contributed by atoms with van der Waals surface area (Å²) in [7, 11) is 0. The number of hydrogen-bond donors (Lipinski definition) is 3. The van der Waals surface area contributed by atoms with E-state index >= 15 is 0 Å². The number of hydrogen-bond acceptors (Lipinski definition) is 3. The van der Waals surface area contributed by atoms with Crippen molar-refractivity contribution in [2.75, 3.05) is 13.1 Å². The molecule has 0 radical (unpaired) electrons. The minimum absolute atomic E-state index is 0.196. The highest BCUT2D eigenvalue weighted by Gasteiger charge is 2.28. The van der Waals surface area contributed by atoms with Gasteiger partial charge in [0.2, 0.25) is 0 Å². The van der Waals surface area contributed by atoms with E-state index < -0.39 is 5.60 Å². The molecule has 90 valence electrons. The van der Waals surface area contributed by atoms with Crippen molar-refractivity contribution in [1.29, 1.82) is 0 Å². The molecule has 0 aliphatic heterocycles. The van der Waals surface area contributed by atoms with E-state index in [9.17, 15) is 10.2 Å². The van der Waals surface area contributed by atoms with Gasteiger partial charge in [-0.3, -0.25) is 0 Å². The summed E-state index contributed by atoms with van der Waals surface area (Å²) in [6.45, 7) is 3.47. The molecule has 1 unspecified atom stereocenters. The minimum Gasteiger partial charge on any atom is -0.393 e. The molecule has 1 atom stereocenters. The standard InChI is InChI=1S/C12H25NO2/c1-2-11(14)6-9-13-10-12(15)7-4-3-5-8-12/h11,13-15H,2-10H2,1H3. The largest absolute Gasteiger partial charge is 0.393 e. The van der Waals surface area contributed by atoms with Gasteiger partial charge in [-0.2, -0.15) is 0 Å². The third kappa shape index (κ3) is 4.96. The van der Waals surface area contributed by atoms with Crippen LogP contribution in [0.5, 0.6) is 0 Å². The normalized spacial score (nSPS) is 22.6. The first-order valence-corrected chi connectivity index (χ1v) is 6.27. The lowest BCUT2D eigenvalue weighted by atomic mass is 9.85. The fourth-order valence-corrected chi connectivity index (χ4v) is 2.18. The average molecular weight is 215 g/mol. The molecule has 1 saturated carbocycles.